The Morgan fingerprint density at radius 2 is 2.08 bits per heavy atom. The van der Waals surface area contributed by atoms with Gasteiger partial charge in [-0.05, 0) is 31.2 Å². The molecule has 0 atom stereocenters. The van der Waals surface area contributed by atoms with Crippen LogP contribution >= 0.6 is 11.6 Å². The first kappa shape index (κ1) is 20.0. The van der Waals surface area contributed by atoms with E-state index in [0.29, 0.717) is 0 Å². The van der Waals surface area contributed by atoms with Crippen LogP contribution < -0.4 is 4.72 Å². The quantitative estimate of drug-likeness (QED) is 0.581. The number of anilines is 1. The first-order valence-electron chi connectivity index (χ1n) is 7.04. The number of pyridine rings is 1. The smallest absolute Gasteiger partial charge is 0.391 e. The van der Waals surface area contributed by atoms with Crippen molar-refractivity contribution in [3.05, 3.63) is 58.9 Å². The normalized spacial score (nSPS) is 12.7. The summed E-state index contributed by atoms with van der Waals surface area (Å²) in [6, 6.07) is 7.10. The number of rotatable bonds is 6. The average molecular weight is 408 g/mol. The van der Waals surface area contributed by atoms with Gasteiger partial charge in [0, 0.05) is 28.5 Å². The van der Waals surface area contributed by atoms with Crippen molar-refractivity contribution < 1.29 is 26.4 Å². The molecule has 1 aromatic heterocycles. The summed E-state index contributed by atoms with van der Waals surface area (Å²) in [5.74, 6) is 0. The van der Waals surface area contributed by atoms with Crippen LogP contribution in [0.4, 0.5) is 18.9 Å². The van der Waals surface area contributed by atoms with Gasteiger partial charge >= 0.3 is 15.5 Å². The van der Waals surface area contributed by atoms with E-state index in [-0.39, 0.29) is 28.6 Å². The van der Waals surface area contributed by atoms with E-state index in [2.05, 4.69) is 10.1 Å². The van der Waals surface area contributed by atoms with Crippen molar-refractivity contribution in [2.45, 2.75) is 19.0 Å². The van der Waals surface area contributed by atoms with Crippen molar-refractivity contribution in [3.63, 3.8) is 0 Å². The molecule has 0 amide bonds. The van der Waals surface area contributed by atoms with Crippen LogP contribution in [0, 0.1) is 0 Å². The molecule has 1 aromatic carbocycles. The lowest BCUT2D eigenvalue weighted by atomic mass is 10.1. The van der Waals surface area contributed by atoms with E-state index in [1.165, 1.54) is 23.8 Å². The number of alkyl halides is 3. The molecule has 1 heterocycles. The minimum atomic E-state index is -5.58. The average Bonchev–Trinajstić information content (AvgIpc) is 2.56. The highest BCUT2D eigenvalue weighted by molar-refractivity contribution is 7.93. The Balaban J connectivity index is 2.24. The summed E-state index contributed by atoms with van der Waals surface area (Å²) in [5.41, 5.74) is -4.86. The van der Waals surface area contributed by atoms with Gasteiger partial charge in [0.1, 0.15) is 6.61 Å². The summed E-state index contributed by atoms with van der Waals surface area (Å²) in [4.78, 5) is 9.03. The number of sulfonamides is 1. The number of halogens is 4. The Kier molecular flexibility index (Phi) is 6.09. The first-order valence-corrected chi connectivity index (χ1v) is 8.91. The van der Waals surface area contributed by atoms with E-state index in [1.807, 2.05) is 0 Å². The highest BCUT2D eigenvalue weighted by Gasteiger charge is 2.46. The molecule has 2 rings (SSSR count). The molecule has 0 radical (unpaired) electrons. The van der Waals surface area contributed by atoms with Crippen LogP contribution in [0.5, 0.6) is 0 Å². The molecule has 140 valence electrons. The molecule has 0 aliphatic rings. The third-order valence-corrected chi connectivity index (χ3v) is 4.41. The van der Waals surface area contributed by atoms with Crippen molar-refractivity contribution in [2.75, 3.05) is 4.72 Å². The van der Waals surface area contributed by atoms with Gasteiger partial charge in [0.25, 0.3) is 0 Å². The molecule has 2 aromatic rings. The third kappa shape index (κ3) is 5.09. The molecule has 0 bridgehead atoms. The Bertz CT molecular complexity index is 903. The van der Waals surface area contributed by atoms with Gasteiger partial charge in [-0.2, -0.15) is 21.6 Å². The molecule has 11 heteroatoms. The summed E-state index contributed by atoms with van der Waals surface area (Å²) in [5, 5.41) is 3.99. The van der Waals surface area contributed by atoms with Gasteiger partial charge in [0.15, 0.2) is 0 Å². The first-order chi connectivity index (χ1) is 12.1. The number of nitrogens with zero attached hydrogens (tertiary/aromatic N) is 2. The number of nitrogens with one attached hydrogen (secondary N) is 1. The van der Waals surface area contributed by atoms with Crippen molar-refractivity contribution >= 4 is 33.0 Å². The van der Waals surface area contributed by atoms with E-state index in [9.17, 15) is 21.6 Å². The maximum absolute atomic E-state index is 12.6. The fourth-order valence-electron chi connectivity index (χ4n) is 1.84. The van der Waals surface area contributed by atoms with E-state index >= 15 is 0 Å². The highest BCUT2D eigenvalue weighted by atomic mass is 35.5. The van der Waals surface area contributed by atoms with Crippen molar-refractivity contribution in [3.8, 4) is 0 Å². The second-order valence-corrected chi connectivity index (χ2v) is 7.16. The number of hydrogen-bond donors (Lipinski definition) is 1. The molecule has 0 saturated carbocycles. The summed E-state index contributed by atoms with van der Waals surface area (Å²) in [7, 11) is -5.58. The Morgan fingerprint density at radius 1 is 1.35 bits per heavy atom. The lowest BCUT2D eigenvalue weighted by molar-refractivity contribution is -0.0429. The van der Waals surface area contributed by atoms with Gasteiger partial charge in [0.05, 0.1) is 11.4 Å². The maximum atomic E-state index is 12.6. The van der Waals surface area contributed by atoms with Crippen LogP contribution in [0.25, 0.3) is 0 Å². The van der Waals surface area contributed by atoms with Gasteiger partial charge < -0.3 is 4.84 Å². The summed E-state index contributed by atoms with van der Waals surface area (Å²) < 4.78 is 61.9. The SMILES string of the molecule is CC(=NOCc1cccnc1)c1cc(Cl)ccc1NS(=O)(=O)C(F)(F)F. The molecule has 0 spiro atoms. The third-order valence-electron chi connectivity index (χ3n) is 3.08. The zero-order chi connectivity index (χ0) is 19.4. The van der Waals surface area contributed by atoms with Crippen LogP contribution in [-0.4, -0.2) is 24.6 Å². The van der Waals surface area contributed by atoms with Gasteiger partial charge in [-0.3, -0.25) is 9.71 Å². The minimum absolute atomic E-state index is 0.0523. The van der Waals surface area contributed by atoms with E-state index in [0.717, 1.165) is 11.6 Å². The fraction of sp³-hybridized carbons (Fsp3) is 0.200. The van der Waals surface area contributed by atoms with Crippen molar-refractivity contribution in [1.29, 1.82) is 0 Å². The molecule has 26 heavy (non-hydrogen) atoms. The van der Waals surface area contributed by atoms with Crippen LogP contribution in [0.15, 0.2) is 47.9 Å². The molecule has 6 nitrogen and oxygen atoms in total. The monoisotopic (exact) mass is 407 g/mol. The maximum Gasteiger partial charge on any atom is 0.516 e. The molecule has 0 aliphatic carbocycles. The lowest BCUT2D eigenvalue weighted by Crippen LogP contribution is -2.30. The topological polar surface area (TPSA) is 80.7 Å². The van der Waals surface area contributed by atoms with Gasteiger partial charge in [0.2, 0.25) is 0 Å². The molecule has 0 saturated heterocycles. The van der Waals surface area contributed by atoms with E-state index in [4.69, 9.17) is 16.4 Å². The number of hydrogen-bond acceptors (Lipinski definition) is 5. The highest BCUT2D eigenvalue weighted by Crippen LogP contribution is 2.28. The molecule has 0 fully saturated rings. The van der Waals surface area contributed by atoms with Crippen LogP contribution in [-0.2, 0) is 21.5 Å². The largest absolute Gasteiger partial charge is 0.516 e. The van der Waals surface area contributed by atoms with Crippen LogP contribution in [0.1, 0.15) is 18.1 Å². The summed E-state index contributed by atoms with van der Waals surface area (Å²) in [6.07, 6.45) is 3.15. The second-order valence-electron chi connectivity index (χ2n) is 5.05. The number of oxime groups is 1. The second kappa shape index (κ2) is 7.92. The van der Waals surface area contributed by atoms with Gasteiger partial charge in [-0.25, -0.2) is 0 Å². The predicted octanol–water partition coefficient (Wildman–Crippen LogP) is 3.94. The molecular weight excluding hydrogens is 395 g/mol. The molecular formula is C15H13ClF3N3O3S. The standard InChI is InChI=1S/C15H13ClF3N3O3S/c1-10(21-25-9-11-3-2-6-20-8-11)13-7-12(16)4-5-14(13)22-26(23,24)15(17,18)19/h2-8,22H,9H2,1H3. The van der Waals surface area contributed by atoms with Crippen molar-refractivity contribution in [2.24, 2.45) is 5.16 Å². The number of aromatic nitrogens is 1. The Labute approximate surface area is 152 Å². The summed E-state index contributed by atoms with van der Waals surface area (Å²) in [6.45, 7) is 1.52. The molecule has 1 N–H and O–H groups in total. The fourth-order valence-corrected chi connectivity index (χ4v) is 2.60. The lowest BCUT2D eigenvalue weighted by Gasteiger charge is -2.14. The van der Waals surface area contributed by atoms with Gasteiger partial charge in [-0.1, -0.05) is 22.8 Å². The van der Waals surface area contributed by atoms with Gasteiger partial charge in [-0.15, -0.1) is 0 Å². The predicted molar refractivity (Wildman–Crippen MR) is 91.3 cm³/mol. The van der Waals surface area contributed by atoms with Crippen LogP contribution in [0.3, 0.4) is 0 Å². The van der Waals surface area contributed by atoms with Crippen LogP contribution in [0.2, 0.25) is 5.02 Å². The Morgan fingerprint density at radius 3 is 2.69 bits per heavy atom. The molecule has 0 aliphatic heterocycles. The zero-order valence-corrected chi connectivity index (χ0v) is 14.9. The van der Waals surface area contributed by atoms with Crippen molar-refractivity contribution in [1.82, 2.24) is 4.98 Å². The zero-order valence-electron chi connectivity index (χ0n) is 13.3. The molecule has 0 unspecified atom stereocenters. The van der Waals surface area contributed by atoms with E-state index in [1.54, 1.807) is 24.5 Å². The minimum Gasteiger partial charge on any atom is -0.391 e. The van der Waals surface area contributed by atoms with E-state index < -0.39 is 15.5 Å². The Hall–Kier alpha value is -2.33. The summed E-state index contributed by atoms with van der Waals surface area (Å²) >= 11 is 5.85. The number of benzene rings is 1.